The molecule has 1 aromatic heterocycles. The van der Waals surface area contributed by atoms with Crippen molar-refractivity contribution in [1.29, 1.82) is 0 Å². The summed E-state index contributed by atoms with van der Waals surface area (Å²) in [6.45, 7) is 2.28. The summed E-state index contributed by atoms with van der Waals surface area (Å²) in [5.74, 6) is -0.103. The third kappa shape index (κ3) is 2.99. The van der Waals surface area contributed by atoms with E-state index in [0.29, 0.717) is 18.0 Å². The molecule has 22 heavy (non-hydrogen) atoms. The molecule has 1 aromatic rings. The molecule has 0 aromatic carbocycles. The Morgan fingerprint density at radius 2 is 2.14 bits per heavy atom. The van der Waals surface area contributed by atoms with Gasteiger partial charge in [-0.25, -0.2) is 17.8 Å². The first-order valence-electron chi connectivity index (χ1n) is 7.01. The molecule has 2 N–H and O–H groups in total. The minimum absolute atomic E-state index is 0.0513. The number of aromatic nitrogens is 2. The Bertz CT molecular complexity index is 673. The highest BCUT2D eigenvalue weighted by Gasteiger charge is 2.55. The topological polar surface area (TPSA) is 123 Å². The Labute approximate surface area is 127 Å². The van der Waals surface area contributed by atoms with Crippen molar-refractivity contribution in [2.45, 2.75) is 38.0 Å². The number of rotatable bonds is 5. The van der Waals surface area contributed by atoms with Gasteiger partial charge >= 0.3 is 0 Å². The number of nitrogens with zero attached hydrogens (tertiary/aromatic N) is 2. The van der Waals surface area contributed by atoms with Gasteiger partial charge in [0.15, 0.2) is 0 Å². The number of sulfonamides is 1. The molecule has 2 aliphatic rings. The molecule has 9 nitrogen and oxygen atoms in total. The van der Waals surface area contributed by atoms with Gasteiger partial charge in [-0.3, -0.25) is 4.79 Å². The second kappa shape index (κ2) is 5.60. The van der Waals surface area contributed by atoms with Gasteiger partial charge < -0.3 is 10.1 Å². The molecule has 4 atom stereocenters. The van der Waals surface area contributed by atoms with E-state index in [0.717, 1.165) is 12.7 Å². The predicted octanol–water partition coefficient (Wildman–Crippen LogP) is -1.26. The van der Waals surface area contributed by atoms with Crippen LogP contribution in [0.1, 0.15) is 17.8 Å². The monoisotopic (exact) mass is 330 g/mol. The van der Waals surface area contributed by atoms with Crippen molar-refractivity contribution in [2.75, 3.05) is 12.9 Å². The van der Waals surface area contributed by atoms with Crippen LogP contribution in [0.25, 0.3) is 0 Å². The normalized spacial score (nSPS) is 30.6. The lowest BCUT2D eigenvalue weighted by Gasteiger charge is -2.47. The molecule has 2 fully saturated rings. The quantitative estimate of drug-likeness (QED) is 0.691. The second-order valence-electron chi connectivity index (χ2n) is 5.77. The van der Waals surface area contributed by atoms with Crippen molar-refractivity contribution in [1.82, 2.24) is 20.4 Å². The predicted molar refractivity (Wildman–Crippen MR) is 74.3 cm³/mol. The van der Waals surface area contributed by atoms with Crippen molar-refractivity contribution in [3.8, 4) is 0 Å². The molecule has 0 unspecified atom stereocenters. The number of ether oxygens (including phenoxy) is 1. The maximum absolute atomic E-state index is 12.1. The summed E-state index contributed by atoms with van der Waals surface area (Å²) in [7, 11) is -3.37. The molecular formula is C12H18N4O5S. The van der Waals surface area contributed by atoms with Crippen LogP contribution >= 0.6 is 0 Å². The Morgan fingerprint density at radius 3 is 2.77 bits per heavy atom. The van der Waals surface area contributed by atoms with Crippen LogP contribution < -0.4 is 10.0 Å². The van der Waals surface area contributed by atoms with E-state index in [1.54, 1.807) is 6.92 Å². The average molecular weight is 330 g/mol. The van der Waals surface area contributed by atoms with E-state index in [9.17, 15) is 13.2 Å². The molecule has 1 aliphatic heterocycles. The lowest BCUT2D eigenvalue weighted by atomic mass is 9.72. The number of amides is 1. The van der Waals surface area contributed by atoms with Gasteiger partial charge in [-0.15, -0.1) is 0 Å². The highest BCUT2D eigenvalue weighted by atomic mass is 32.2. The molecule has 1 saturated heterocycles. The Morgan fingerprint density at radius 1 is 1.36 bits per heavy atom. The highest BCUT2D eigenvalue weighted by Crippen LogP contribution is 2.39. The summed E-state index contributed by atoms with van der Waals surface area (Å²) in [6.07, 6.45) is 1.78. The van der Waals surface area contributed by atoms with Gasteiger partial charge in [-0.1, -0.05) is 10.3 Å². The molecule has 0 radical (unpaired) electrons. The fraction of sp³-hybridized carbons (Fsp3) is 0.750. The molecular weight excluding hydrogens is 312 g/mol. The van der Waals surface area contributed by atoms with Crippen LogP contribution in [-0.2, 0) is 26.0 Å². The van der Waals surface area contributed by atoms with Gasteiger partial charge in [0.25, 0.3) is 0 Å². The maximum atomic E-state index is 12.1. The fourth-order valence-electron chi connectivity index (χ4n) is 3.09. The first kappa shape index (κ1) is 15.4. The first-order chi connectivity index (χ1) is 10.3. The standard InChI is InChI=1S/C12H18N4O5S/c1-6-8(15-21-14-6)5-9(17)13-10-7-3-4-20-12(7)11(10)16-22(2,18)19/h7,10-12,16H,3-5H2,1-2H3,(H,13,17)/t7-,10+,11-,12-/m1/s1. The highest BCUT2D eigenvalue weighted by molar-refractivity contribution is 7.88. The number of fused-ring (bicyclic) bond motifs is 1. The van der Waals surface area contributed by atoms with Crippen molar-refractivity contribution in [3.05, 3.63) is 11.4 Å². The number of hydrogen-bond acceptors (Lipinski definition) is 7. The van der Waals surface area contributed by atoms with Crippen molar-refractivity contribution < 1.29 is 22.6 Å². The Kier molecular flexibility index (Phi) is 3.91. The van der Waals surface area contributed by atoms with Gasteiger partial charge in [0.1, 0.15) is 11.4 Å². The summed E-state index contributed by atoms with van der Waals surface area (Å²) in [6, 6.07) is -0.696. The SMILES string of the molecule is Cc1nonc1CC(=O)N[C@H]1[C@H]2CCO[C@H]2[C@@H]1NS(C)(=O)=O. The second-order valence-corrected chi connectivity index (χ2v) is 7.55. The number of carbonyl (C=O) groups excluding carboxylic acids is 1. The molecule has 10 heteroatoms. The van der Waals surface area contributed by atoms with Gasteiger partial charge in [-0.2, -0.15) is 0 Å². The van der Waals surface area contributed by atoms with Crippen molar-refractivity contribution in [2.24, 2.45) is 5.92 Å². The largest absolute Gasteiger partial charge is 0.376 e. The Balaban J connectivity index is 1.64. The molecule has 0 spiro atoms. The Hall–Kier alpha value is -1.52. The number of hydrogen-bond donors (Lipinski definition) is 2. The molecule has 2 heterocycles. The fourth-order valence-corrected chi connectivity index (χ4v) is 3.87. The zero-order chi connectivity index (χ0) is 15.9. The van der Waals surface area contributed by atoms with E-state index in [1.807, 2.05) is 0 Å². The summed E-state index contributed by atoms with van der Waals surface area (Å²) >= 11 is 0. The van der Waals surface area contributed by atoms with E-state index < -0.39 is 16.1 Å². The third-order valence-electron chi connectivity index (χ3n) is 4.14. The van der Waals surface area contributed by atoms with E-state index in [1.165, 1.54) is 0 Å². The van der Waals surface area contributed by atoms with Crippen LogP contribution in [0.5, 0.6) is 0 Å². The van der Waals surface area contributed by atoms with E-state index in [4.69, 9.17) is 4.74 Å². The number of nitrogens with one attached hydrogen (secondary N) is 2. The van der Waals surface area contributed by atoms with E-state index in [-0.39, 0.29) is 30.4 Å². The molecule has 0 bridgehead atoms. The van der Waals surface area contributed by atoms with Crippen LogP contribution in [0.3, 0.4) is 0 Å². The van der Waals surface area contributed by atoms with Gasteiger partial charge in [-0.05, 0) is 13.3 Å². The summed E-state index contributed by atoms with van der Waals surface area (Å²) < 4.78 is 35.5. The van der Waals surface area contributed by atoms with Crippen LogP contribution in [0.4, 0.5) is 0 Å². The van der Waals surface area contributed by atoms with Crippen molar-refractivity contribution >= 4 is 15.9 Å². The molecule has 3 rings (SSSR count). The molecule has 1 amide bonds. The zero-order valence-electron chi connectivity index (χ0n) is 12.3. The van der Waals surface area contributed by atoms with Crippen LogP contribution in [0.15, 0.2) is 4.63 Å². The number of carbonyl (C=O) groups is 1. The van der Waals surface area contributed by atoms with Gasteiger partial charge in [0, 0.05) is 12.5 Å². The first-order valence-corrected chi connectivity index (χ1v) is 8.90. The summed E-state index contributed by atoms with van der Waals surface area (Å²) in [4.78, 5) is 12.1. The van der Waals surface area contributed by atoms with Crippen LogP contribution in [0, 0.1) is 12.8 Å². The average Bonchev–Trinajstić information content (AvgIpc) is 3.00. The number of aryl methyl sites for hydroxylation is 1. The molecule has 122 valence electrons. The zero-order valence-corrected chi connectivity index (χ0v) is 13.1. The van der Waals surface area contributed by atoms with E-state index in [2.05, 4.69) is 25.0 Å². The van der Waals surface area contributed by atoms with Gasteiger partial charge in [0.05, 0.1) is 30.9 Å². The van der Waals surface area contributed by atoms with Crippen molar-refractivity contribution in [3.63, 3.8) is 0 Å². The van der Waals surface area contributed by atoms with Crippen LogP contribution in [0.2, 0.25) is 0 Å². The molecule has 1 saturated carbocycles. The maximum Gasteiger partial charge on any atom is 0.226 e. The lowest BCUT2D eigenvalue weighted by molar-refractivity contribution is -0.124. The lowest BCUT2D eigenvalue weighted by Crippen LogP contribution is -2.70. The minimum atomic E-state index is -3.37. The minimum Gasteiger partial charge on any atom is -0.376 e. The molecule has 1 aliphatic carbocycles. The summed E-state index contributed by atoms with van der Waals surface area (Å²) in [5, 5.41) is 10.2. The van der Waals surface area contributed by atoms with Gasteiger partial charge in [0.2, 0.25) is 15.9 Å². The smallest absolute Gasteiger partial charge is 0.226 e. The third-order valence-corrected chi connectivity index (χ3v) is 4.84. The van der Waals surface area contributed by atoms with Crippen LogP contribution in [-0.4, -0.2) is 55.7 Å². The summed E-state index contributed by atoms with van der Waals surface area (Å²) in [5.41, 5.74) is 1.04. The van der Waals surface area contributed by atoms with E-state index >= 15 is 0 Å².